The van der Waals surface area contributed by atoms with Crippen LogP contribution in [0.4, 0.5) is 5.69 Å². The quantitative estimate of drug-likeness (QED) is 0.257. The number of hydrogen-bond acceptors (Lipinski definition) is 5. The molecule has 1 heterocycles. The van der Waals surface area contributed by atoms with Crippen molar-refractivity contribution in [1.82, 2.24) is 4.90 Å². The van der Waals surface area contributed by atoms with Crippen LogP contribution >= 0.6 is 0 Å². The van der Waals surface area contributed by atoms with Crippen molar-refractivity contribution in [2.45, 2.75) is 26.7 Å². The fourth-order valence-corrected chi connectivity index (χ4v) is 4.83. The fourth-order valence-electron chi connectivity index (χ4n) is 4.83. The highest BCUT2D eigenvalue weighted by Crippen LogP contribution is 2.39. The molecule has 0 atom stereocenters. The fraction of sp³-hybridized carbons (Fsp3) is 0.344. The van der Waals surface area contributed by atoms with Crippen LogP contribution in [0.25, 0.3) is 6.08 Å². The van der Waals surface area contributed by atoms with E-state index in [9.17, 15) is 4.79 Å². The molecular formula is C32H38N2O4. The van der Waals surface area contributed by atoms with Gasteiger partial charge >= 0.3 is 0 Å². The molecule has 1 aliphatic heterocycles. The predicted octanol–water partition coefficient (Wildman–Crippen LogP) is 5.69. The minimum atomic E-state index is 0.00412. The molecular weight excluding hydrogens is 476 g/mol. The summed E-state index contributed by atoms with van der Waals surface area (Å²) >= 11 is 0. The van der Waals surface area contributed by atoms with Gasteiger partial charge in [-0.25, -0.2) is 0 Å². The molecule has 0 bridgehead atoms. The van der Waals surface area contributed by atoms with Crippen molar-refractivity contribution in [3.05, 3.63) is 89.0 Å². The van der Waals surface area contributed by atoms with Crippen molar-refractivity contribution in [2.75, 3.05) is 51.9 Å². The monoisotopic (exact) mass is 514 g/mol. The first-order chi connectivity index (χ1) is 18.5. The van der Waals surface area contributed by atoms with Crippen LogP contribution in [0.1, 0.15) is 28.7 Å². The van der Waals surface area contributed by atoms with Gasteiger partial charge in [0.2, 0.25) is 11.7 Å². The van der Waals surface area contributed by atoms with E-state index in [2.05, 4.69) is 49.1 Å². The highest BCUT2D eigenvalue weighted by Gasteiger charge is 2.21. The summed E-state index contributed by atoms with van der Waals surface area (Å²) in [6.45, 7) is 7.83. The average Bonchev–Trinajstić information content (AvgIpc) is 2.94. The number of ether oxygens (including phenoxy) is 3. The van der Waals surface area contributed by atoms with Crippen molar-refractivity contribution < 1.29 is 19.0 Å². The lowest BCUT2D eigenvalue weighted by Crippen LogP contribution is -2.48. The number of rotatable bonds is 10. The maximum Gasteiger partial charge on any atom is 0.246 e. The van der Waals surface area contributed by atoms with Crippen LogP contribution in [0.5, 0.6) is 17.2 Å². The molecule has 1 fully saturated rings. The van der Waals surface area contributed by atoms with E-state index in [4.69, 9.17) is 14.2 Å². The van der Waals surface area contributed by atoms with E-state index < -0.39 is 0 Å². The largest absolute Gasteiger partial charge is 0.493 e. The van der Waals surface area contributed by atoms with Crippen LogP contribution in [-0.2, 0) is 11.2 Å². The number of carbonyl (C=O) groups is 1. The molecule has 0 aromatic heterocycles. The van der Waals surface area contributed by atoms with Gasteiger partial charge in [-0.15, -0.1) is 0 Å². The highest BCUT2D eigenvalue weighted by atomic mass is 16.5. The second-order valence-electron chi connectivity index (χ2n) is 9.63. The standard InChI is InChI=1S/C32H38N2O4/c1-24-12-14-28(25(2)21-24)33-16-18-34(19-17-33)31(35)15-13-27-22-29(36-3)32(30(23-27)37-4)38-20-8-11-26-9-6-5-7-10-26/h5-7,9-10,12-15,21-23H,8,11,16-20H2,1-4H3/b15-13+. The first kappa shape index (κ1) is 27.1. The Morgan fingerprint density at radius 1 is 0.895 bits per heavy atom. The number of aryl methyl sites for hydroxylation is 3. The van der Waals surface area contributed by atoms with Crippen molar-refractivity contribution in [3.63, 3.8) is 0 Å². The van der Waals surface area contributed by atoms with E-state index in [1.807, 2.05) is 41.3 Å². The summed E-state index contributed by atoms with van der Waals surface area (Å²) in [4.78, 5) is 17.2. The minimum absolute atomic E-state index is 0.00412. The topological polar surface area (TPSA) is 51.2 Å². The van der Waals surface area contributed by atoms with Gasteiger partial charge < -0.3 is 24.0 Å². The average molecular weight is 515 g/mol. The van der Waals surface area contributed by atoms with Crippen LogP contribution < -0.4 is 19.1 Å². The Kier molecular flexibility index (Phi) is 9.30. The molecule has 0 saturated carbocycles. The van der Waals surface area contributed by atoms with Gasteiger partial charge in [0, 0.05) is 37.9 Å². The first-order valence-corrected chi connectivity index (χ1v) is 13.2. The third kappa shape index (κ3) is 6.88. The number of hydrogen-bond donors (Lipinski definition) is 0. The van der Waals surface area contributed by atoms with Crippen LogP contribution in [0.3, 0.4) is 0 Å². The first-order valence-electron chi connectivity index (χ1n) is 13.2. The molecule has 1 amide bonds. The number of carbonyl (C=O) groups excluding carboxylic acids is 1. The van der Waals surface area contributed by atoms with Gasteiger partial charge in [0.05, 0.1) is 20.8 Å². The third-order valence-electron chi connectivity index (χ3n) is 6.88. The number of methoxy groups -OCH3 is 2. The van der Waals surface area contributed by atoms with Crippen molar-refractivity contribution in [3.8, 4) is 17.2 Å². The summed E-state index contributed by atoms with van der Waals surface area (Å²) in [5, 5.41) is 0. The molecule has 200 valence electrons. The lowest BCUT2D eigenvalue weighted by Gasteiger charge is -2.36. The molecule has 3 aromatic rings. The van der Waals surface area contributed by atoms with E-state index in [0.29, 0.717) is 36.9 Å². The number of piperazine rings is 1. The van der Waals surface area contributed by atoms with Gasteiger partial charge in [0.25, 0.3) is 0 Å². The van der Waals surface area contributed by atoms with Crippen molar-refractivity contribution in [2.24, 2.45) is 0 Å². The van der Waals surface area contributed by atoms with Gasteiger partial charge in [0.1, 0.15) is 0 Å². The number of nitrogens with zero attached hydrogens (tertiary/aromatic N) is 2. The Hall–Kier alpha value is -3.93. The predicted molar refractivity (Wildman–Crippen MR) is 154 cm³/mol. The molecule has 6 nitrogen and oxygen atoms in total. The van der Waals surface area contributed by atoms with E-state index >= 15 is 0 Å². The number of benzene rings is 3. The maximum atomic E-state index is 12.9. The van der Waals surface area contributed by atoms with Gasteiger partial charge in [-0.05, 0) is 67.7 Å². The second-order valence-corrected chi connectivity index (χ2v) is 9.63. The molecule has 1 saturated heterocycles. The van der Waals surface area contributed by atoms with Crippen molar-refractivity contribution in [1.29, 1.82) is 0 Å². The van der Waals surface area contributed by atoms with Gasteiger partial charge in [0.15, 0.2) is 11.5 Å². The van der Waals surface area contributed by atoms with Crippen LogP contribution in [0.15, 0.2) is 66.7 Å². The molecule has 38 heavy (non-hydrogen) atoms. The minimum Gasteiger partial charge on any atom is -0.493 e. The zero-order valence-electron chi connectivity index (χ0n) is 22.9. The summed E-state index contributed by atoms with van der Waals surface area (Å²) in [7, 11) is 3.22. The van der Waals surface area contributed by atoms with Crippen LogP contribution in [-0.4, -0.2) is 57.8 Å². The van der Waals surface area contributed by atoms with E-state index in [-0.39, 0.29) is 5.91 Å². The van der Waals surface area contributed by atoms with Gasteiger partial charge in [-0.3, -0.25) is 4.79 Å². The third-order valence-corrected chi connectivity index (χ3v) is 6.88. The van der Waals surface area contributed by atoms with Crippen molar-refractivity contribution >= 4 is 17.7 Å². The smallest absolute Gasteiger partial charge is 0.246 e. The second kappa shape index (κ2) is 13.0. The van der Waals surface area contributed by atoms with Gasteiger partial charge in [-0.2, -0.15) is 0 Å². The maximum absolute atomic E-state index is 12.9. The molecule has 0 radical (unpaired) electrons. The SMILES string of the molecule is COc1cc(/C=C/C(=O)N2CCN(c3ccc(C)cc3C)CC2)cc(OC)c1OCCCc1ccccc1. The number of amides is 1. The Bertz CT molecular complexity index is 1220. The lowest BCUT2D eigenvalue weighted by molar-refractivity contribution is -0.126. The lowest BCUT2D eigenvalue weighted by atomic mass is 10.1. The van der Waals surface area contributed by atoms with Gasteiger partial charge in [-0.1, -0.05) is 48.0 Å². The van der Waals surface area contributed by atoms with E-state index in [1.54, 1.807) is 20.3 Å². The summed E-state index contributed by atoms with van der Waals surface area (Å²) in [6.07, 6.45) is 5.25. The molecule has 0 N–H and O–H groups in total. The molecule has 3 aromatic carbocycles. The van der Waals surface area contributed by atoms with E-state index in [1.165, 1.54) is 22.4 Å². The Labute approximate surface area is 226 Å². The molecule has 4 rings (SSSR count). The summed E-state index contributed by atoms with van der Waals surface area (Å²) in [5.74, 6) is 1.75. The van der Waals surface area contributed by atoms with Crippen LogP contribution in [0, 0.1) is 13.8 Å². The molecule has 1 aliphatic rings. The summed E-state index contributed by atoms with van der Waals surface area (Å²) in [5.41, 5.74) is 5.89. The Balaban J connectivity index is 1.34. The molecule has 0 aliphatic carbocycles. The Morgan fingerprint density at radius 2 is 1.58 bits per heavy atom. The van der Waals surface area contributed by atoms with E-state index in [0.717, 1.165) is 31.5 Å². The zero-order chi connectivity index (χ0) is 26.9. The van der Waals surface area contributed by atoms with Crippen LogP contribution in [0.2, 0.25) is 0 Å². The summed E-state index contributed by atoms with van der Waals surface area (Å²) in [6, 6.07) is 20.6. The summed E-state index contributed by atoms with van der Waals surface area (Å²) < 4.78 is 17.3. The molecule has 0 spiro atoms. The molecule has 6 heteroatoms. The zero-order valence-corrected chi connectivity index (χ0v) is 22.9. The normalized spacial score (nSPS) is 13.6. The highest BCUT2D eigenvalue weighted by molar-refractivity contribution is 5.92. The molecule has 0 unspecified atom stereocenters. The Morgan fingerprint density at radius 3 is 2.21 bits per heavy atom. The number of anilines is 1.